The number of pyridine rings is 1. The van der Waals surface area contributed by atoms with Gasteiger partial charge in [0.2, 0.25) is 11.8 Å². The average molecular weight is 373 g/mol. The summed E-state index contributed by atoms with van der Waals surface area (Å²) in [6.07, 6.45) is 2.41. The second-order valence-corrected chi connectivity index (χ2v) is 5.38. The van der Waals surface area contributed by atoms with Gasteiger partial charge in [0, 0.05) is 18.7 Å². The molecule has 0 bridgehead atoms. The quantitative estimate of drug-likeness (QED) is 0.855. The van der Waals surface area contributed by atoms with E-state index in [1.54, 1.807) is 13.3 Å². The molecule has 7 heteroatoms. The van der Waals surface area contributed by atoms with E-state index < -0.39 is 6.09 Å². The van der Waals surface area contributed by atoms with Crippen LogP contribution in [0.3, 0.4) is 0 Å². The largest absolute Gasteiger partial charge is 0.481 e. The number of carbonyl (C=O) groups excluding carboxylic acids is 2. The first-order valence-electron chi connectivity index (χ1n) is 8.84. The molecular formula is C20H27N3O4. The molecule has 3 rings (SSSR count). The van der Waals surface area contributed by atoms with Crippen molar-refractivity contribution >= 4 is 12.0 Å². The summed E-state index contributed by atoms with van der Waals surface area (Å²) in [5, 5.41) is 2.90. The highest BCUT2D eigenvalue weighted by Gasteiger charge is 2.22. The number of aromatic nitrogens is 1. The fraction of sp³-hybridized carbons (Fsp3) is 0.350. The SMILES string of the molecule is CC.COc1cc(C2CCC(=O)N2)ccn1.NC(=O)OCc1ccccc1. The zero-order valence-corrected chi connectivity index (χ0v) is 16.0. The maximum atomic E-state index is 11.0. The number of ether oxygens (including phenoxy) is 2. The lowest BCUT2D eigenvalue weighted by molar-refractivity contribution is -0.119. The van der Waals surface area contributed by atoms with Crippen LogP contribution >= 0.6 is 0 Å². The first-order valence-corrected chi connectivity index (χ1v) is 8.84. The van der Waals surface area contributed by atoms with Crippen LogP contribution in [0.1, 0.15) is 43.9 Å². The Balaban J connectivity index is 0.000000254. The van der Waals surface area contributed by atoms with Gasteiger partial charge >= 0.3 is 6.09 Å². The average Bonchev–Trinajstić information content (AvgIpc) is 3.16. The van der Waals surface area contributed by atoms with Crippen LogP contribution in [-0.2, 0) is 16.1 Å². The Bertz CT molecular complexity index is 707. The van der Waals surface area contributed by atoms with Crippen LogP contribution in [0.5, 0.6) is 5.88 Å². The van der Waals surface area contributed by atoms with Crippen LogP contribution in [0, 0.1) is 0 Å². The van der Waals surface area contributed by atoms with Crippen molar-refractivity contribution in [1.29, 1.82) is 0 Å². The maximum Gasteiger partial charge on any atom is 0.404 e. The number of nitrogens with two attached hydrogens (primary N) is 1. The van der Waals surface area contributed by atoms with Crippen molar-refractivity contribution in [1.82, 2.24) is 10.3 Å². The molecule has 2 amide bonds. The molecular weight excluding hydrogens is 346 g/mol. The van der Waals surface area contributed by atoms with E-state index in [9.17, 15) is 9.59 Å². The Morgan fingerprint density at radius 3 is 2.52 bits per heavy atom. The molecule has 2 heterocycles. The second kappa shape index (κ2) is 12.3. The number of primary amides is 1. The Labute approximate surface area is 159 Å². The van der Waals surface area contributed by atoms with Crippen molar-refractivity contribution in [2.75, 3.05) is 7.11 Å². The van der Waals surface area contributed by atoms with Gasteiger partial charge in [-0.2, -0.15) is 0 Å². The van der Waals surface area contributed by atoms with Crippen molar-refractivity contribution < 1.29 is 19.1 Å². The summed E-state index contributed by atoms with van der Waals surface area (Å²) in [6, 6.07) is 13.3. The Kier molecular flexibility index (Phi) is 10.00. The lowest BCUT2D eigenvalue weighted by Gasteiger charge is -2.10. The molecule has 1 atom stereocenters. The molecule has 1 unspecified atom stereocenters. The summed E-state index contributed by atoms with van der Waals surface area (Å²) in [5.41, 5.74) is 6.77. The number of carbonyl (C=O) groups is 2. The molecule has 3 N–H and O–H groups in total. The molecule has 0 saturated carbocycles. The van der Waals surface area contributed by atoms with Crippen LogP contribution in [0.2, 0.25) is 0 Å². The van der Waals surface area contributed by atoms with E-state index in [2.05, 4.69) is 15.0 Å². The third-order valence-electron chi connectivity index (χ3n) is 3.59. The van der Waals surface area contributed by atoms with Crippen molar-refractivity contribution in [2.45, 2.75) is 39.3 Å². The normalized spacial score (nSPS) is 14.6. The predicted molar refractivity (Wildman–Crippen MR) is 103 cm³/mol. The third-order valence-corrected chi connectivity index (χ3v) is 3.59. The highest BCUT2D eigenvalue weighted by Crippen LogP contribution is 2.24. The van der Waals surface area contributed by atoms with E-state index in [1.807, 2.05) is 56.3 Å². The minimum Gasteiger partial charge on any atom is -0.481 e. The lowest BCUT2D eigenvalue weighted by atomic mass is 10.1. The van der Waals surface area contributed by atoms with Crippen molar-refractivity contribution in [3.8, 4) is 5.88 Å². The minimum atomic E-state index is -0.742. The molecule has 1 aromatic carbocycles. The van der Waals surface area contributed by atoms with Gasteiger partial charge < -0.3 is 20.5 Å². The van der Waals surface area contributed by atoms with Crippen LogP contribution in [0.15, 0.2) is 48.7 Å². The molecule has 27 heavy (non-hydrogen) atoms. The van der Waals surface area contributed by atoms with Gasteiger partial charge in [-0.15, -0.1) is 0 Å². The van der Waals surface area contributed by atoms with E-state index in [1.165, 1.54) is 0 Å². The zero-order chi connectivity index (χ0) is 20.1. The summed E-state index contributed by atoms with van der Waals surface area (Å²) in [7, 11) is 1.58. The van der Waals surface area contributed by atoms with Gasteiger partial charge in [0.25, 0.3) is 0 Å². The number of nitrogens with one attached hydrogen (secondary N) is 1. The van der Waals surface area contributed by atoms with Crippen LogP contribution in [0.25, 0.3) is 0 Å². The molecule has 1 saturated heterocycles. The molecule has 1 fully saturated rings. The van der Waals surface area contributed by atoms with Gasteiger partial charge in [0.15, 0.2) is 0 Å². The predicted octanol–water partition coefficient (Wildman–Crippen LogP) is 3.35. The summed E-state index contributed by atoms with van der Waals surface area (Å²) in [4.78, 5) is 25.2. The summed E-state index contributed by atoms with van der Waals surface area (Å²) >= 11 is 0. The number of hydrogen-bond acceptors (Lipinski definition) is 5. The Hall–Kier alpha value is -3.09. The zero-order valence-electron chi connectivity index (χ0n) is 16.0. The summed E-state index contributed by atoms with van der Waals surface area (Å²) in [5.74, 6) is 0.703. The maximum absolute atomic E-state index is 11.0. The van der Waals surface area contributed by atoms with Crippen LogP contribution in [-0.4, -0.2) is 24.1 Å². The minimum absolute atomic E-state index is 0.116. The number of benzene rings is 1. The van der Waals surface area contributed by atoms with Gasteiger partial charge in [-0.05, 0) is 23.6 Å². The third kappa shape index (κ3) is 8.22. The molecule has 1 aromatic heterocycles. The van der Waals surface area contributed by atoms with Gasteiger partial charge in [-0.3, -0.25) is 4.79 Å². The van der Waals surface area contributed by atoms with E-state index in [0.717, 1.165) is 17.5 Å². The van der Waals surface area contributed by atoms with Gasteiger partial charge in [0.1, 0.15) is 6.61 Å². The first-order chi connectivity index (χ1) is 13.1. The Morgan fingerprint density at radius 2 is 1.96 bits per heavy atom. The van der Waals surface area contributed by atoms with Gasteiger partial charge in [0.05, 0.1) is 13.2 Å². The monoisotopic (exact) mass is 373 g/mol. The number of rotatable bonds is 4. The molecule has 0 aliphatic carbocycles. The number of hydrogen-bond donors (Lipinski definition) is 2. The molecule has 7 nitrogen and oxygen atoms in total. The highest BCUT2D eigenvalue weighted by atomic mass is 16.5. The summed E-state index contributed by atoms with van der Waals surface area (Å²) < 4.78 is 9.58. The van der Waals surface area contributed by atoms with E-state index in [0.29, 0.717) is 12.3 Å². The number of amides is 2. The molecule has 1 aliphatic heterocycles. The van der Waals surface area contributed by atoms with Crippen LogP contribution < -0.4 is 15.8 Å². The van der Waals surface area contributed by atoms with Crippen molar-refractivity contribution in [3.05, 3.63) is 59.8 Å². The fourth-order valence-electron chi connectivity index (χ4n) is 2.35. The molecule has 2 aromatic rings. The van der Waals surface area contributed by atoms with E-state index in [-0.39, 0.29) is 18.6 Å². The molecule has 0 spiro atoms. The lowest BCUT2D eigenvalue weighted by Crippen LogP contribution is -2.18. The van der Waals surface area contributed by atoms with Crippen LogP contribution in [0.4, 0.5) is 4.79 Å². The first kappa shape index (κ1) is 22.0. The number of nitrogens with zero attached hydrogens (tertiary/aromatic N) is 1. The Morgan fingerprint density at radius 1 is 1.26 bits per heavy atom. The van der Waals surface area contributed by atoms with Gasteiger partial charge in [-0.1, -0.05) is 44.2 Å². The van der Waals surface area contributed by atoms with Crippen molar-refractivity contribution in [2.24, 2.45) is 5.73 Å². The standard InChI is InChI=1S/C10H12N2O2.C8H9NO2.C2H6/c1-14-10-6-7(4-5-11-10)8-2-3-9(13)12-8;9-8(10)11-6-7-4-2-1-3-5-7;1-2/h4-6,8H,2-3H2,1H3,(H,12,13);1-5H,6H2,(H2,9,10);1-2H3. The smallest absolute Gasteiger partial charge is 0.404 e. The van der Waals surface area contributed by atoms with E-state index >= 15 is 0 Å². The fourth-order valence-corrected chi connectivity index (χ4v) is 2.35. The van der Waals surface area contributed by atoms with E-state index in [4.69, 9.17) is 10.5 Å². The second-order valence-electron chi connectivity index (χ2n) is 5.38. The summed E-state index contributed by atoms with van der Waals surface area (Å²) in [6.45, 7) is 4.25. The number of methoxy groups -OCH3 is 1. The molecule has 0 radical (unpaired) electrons. The highest BCUT2D eigenvalue weighted by molar-refractivity contribution is 5.78. The van der Waals surface area contributed by atoms with Gasteiger partial charge in [-0.25, -0.2) is 9.78 Å². The topological polar surface area (TPSA) is 104 Å². The molecule has 1 aliphatic rings. The molecule has 146 valence electrons. The van der Waals surface area contributed by atoms with Crippen molar-refractivity contribution in [3.63, 3.8) is 0 Å².